The average molecular weight is 319 g/mol. The van der Waals surface area contributed by atoms with Crippen LogP contribution < -0.4 is 10.5 Å². The highest BCUT2D eigenvalue weighted by Gasteiger charge is 2.28. The Labute approximate surface area is 122 Å². The van der Waals surface area contributed by atoms with Gasteiger partial charge in [-0.15, -0.1) is 0 Å². The molecule has 112 valence electrons. The molecule has 0 saturated heterocycles. The molecule has 0 spiro atoms. The first-order valence-electron chi connectivity index (χ1n) is 5.68. The van der Waals surface area contributed by atoms with Crippen molar-refractivity contribution in [2.75, 3.05) is 18.5 Å². The Morgan fingerprint density at radius 2 is 2.05 bits per heavy atom. The highest BCUT2D eigenvalue weighted by molar-refractivity contribution is 8.00. The van der Waals surface area contributed by atoms with E-state index in [9.17, 15) is 18.5 Å². The monoisotopic (exact) mass is 319 g/mol. The number of nitro benzene ring substituents is 1. The third kappa shape index (κ3) is 4.09. The molecule has 1 aromatic rings. The fourth-order valence-electron chi connectivity index (χ4n) is 1.32. The van der Waals surface area contributed by atoms with Gasteiger partial charge in [0.15, 0.2) is 4.90 Å². The molecule has 0 atom stereocenters. The minimum atomic E-state index is -3.96. The third-order valence-electron chi connectivity index (χ3n) is 2.71. The summed E-state index contributed by atoms with van der Waals surface area (Å²) in [5.74, 6) is 0. The molecule has 0 amide bonds. The lowest BCUT2D eigenvalue weighted by Crippen LogP contribution is -2.36. The van der Waals surface area contributed by atoms with Crippen LogP contribution in [0.1, 0.15) is 13.8 Å². The second kappa shape index (κ2) is 5.98. The van der Waals surface area contributed by atoms with Gasteiger partial charge >= 0.3 is 0 Å². The van der Waals surface area contributed by atoms with Gasteiger partial charge in [-0.25, -0.2) is 13.1 Å². The summed E-state index contributed by atoms with van der Waals surface area (Å²) in [6.07, 6.45) is 1.86. The first kappa shape index (κ1) is 16.7. The van der Waals surface area contributed by atoms with Gasteiger partial charge in [0.1, 0.15) is 0 Å². The largest absolute Gasteiger partial charge is 0.399 e. The van der Waals surface area contributed by atoms with Gasteiger partial charge in [-0.05, 0) is 32.2 Å². The molecule has 7 nitrogen and oxygen atoms in total. The first-order chi connectivity index (χ1) is 9.09. The summed E-state index contributed by atoms with van der Waals surface area (Å²) in [5, 5.41) is 10.9. The van der Waals surface area contributed by atoms with E-state index >= 15 is 0 Å². The van der Waals surface area contributed by atoms with Gasteiger partial charge in [0, 0.05) is 23.0 Å². The van der Waals surface area contributed by atoms with Gasteiger partial charge in [-0.2, -0.15) is 11.8 Å². The predicted molar refractivity (Wildman–Crippen MR) is 80.3 cm³/mol. The van der Waals surface area contributed by atoms with Crippen LogP contribution in [0.5, 0.6) is 0 Å². The number of thioether (sulfide) groups is 1. The average Bonchev–Trinajstić information content (AvgIpc) is 2.36. The van der Waals surface area contributed by atoms with E-state index in [0.29, 0.717) is 0 Å². The van der Waals surface area contributed by atoms with Crippen molar-refractivity contribution < 1.29 is 13.3 Å². The molecule has 1 aromatic carbocycles. The van der Waals surface area contributed by atoms with E-state index in [1.54, 1.807) is 0 Å². The molecule has 0 unspecified atom stereocenters. The third-order valence-corrected chi connectivity index (χ3v) is 5.41. The first-order valence-corrected chi connectivity index (χ1v) is 8.38. The van der Waals surface area contributed by atoms with E-state index in [0.717, 1.165) is 12.1 Å². The van der Waals surface area contributed by atoms with Gasteiger partial charge in [0.05, 0.1) is 4.92 Å². The fraction of sp³-hybridized carbons (Fsp3) is 0.455. The molecule has 20 heavy (non-hydrogen) atoms. The van der Waals surface area contributed by atoms with E-state index in [2.05, 4.69) is 4.72 Å². The second-order valence-corrected chi connectivity index (χ2v) is 8.02. The lowest BCUT2D eigenvalue weighted by molar-refractivity contribution is -0.387. The highest BCUT2D eigenvalue weighted by atomic mass is 32.2. The number of sulfonamides is 1. The molecule has 0 aliphatic heterocycles. The number of rotatable bonds is 6. The van der Waals surface area contributed by atoms with Gasteiger partial charge < -0.3 is 5.73 Å². The lowest BCUT2D eigenvalue weighted by Gasteiger charge is -2.22. The molecular weight excluding hydrogens is 302 g/mol. The van der Waals surface area contributed by atoms with Crippen molar-refractivity contribution in [1.29, 1.82) is 0 Å². The van der Waals surface area contributed by atoms with Crippen LogP contribution in [0, 0.1) is 10.1 Å². The molecule has 0 fully saturated rings. The Morgan fingerprint density at radius 1 is 1.45 bits per heavy atom. The number of nitrogens with two attached hydrogens (primary N) is 1. The van der Waals surface area contributed by atoms with Crippen LogP contribution in [0.3, 0.4) is 0 Å². The summed E-state index contributed by atoms with van der Waals surface area (Å²) in [4.78, 5) is 9.79. The van der Waals surface area contributed by atoms with E-state index in [1.165, 1.54) is 17.8 Å². The number of nitrogens with zero attached hydrogens (tertiary/aromatic N) is 1. The van der Waals surface area contributed by atoms with Crippen molar-refractivity contribution in [3.63, 3.8) is 0 Å². The van der Waals surface area contributed by atoms with E-state index in [-0.39, 0.29) is 21.9 Å². The van der Waals surface area contributed by atoms with Crippen molar-refractivity contribution in [3.8, 4) is 0 Å². The van der Waals surface area contributed by atoms with Gasteiger partial charge in [-0.3, -0.25) is 10.1 Å². The summed E-state index contributed by atoms with van der Waals surface area (Å²) >= 11 is 1.50. The number of nitrogen functional groups attached to an aromatic ring is 1. The number of hydrogen-bond acceptors (Lipinski definition) is 6. The van der Waals surface area contributed by atoms with Crippen LogP contribution in [0.4, 0.5) is 11.4 Å². The Hall–Kier alpha value is -1.32. The van der Waals surface area contributed by atoms with Crippen molar-refractivity contribution in [1.82, 2.24) is 4.72 Å². The Bertz CT molecular complexity index is 614. The maximum atomic E-state index is 12.2. The number of benzene rings is 1. The molecule has 1 rings (SSSR count). The topological polar surface area (TPSA) is 115 Å². The van der Waals surface area contributed by atoms with Gasteiger partial charge in [0.25, 0.3) is 5.69 Å². The summed E-state index contributed by atoms with van der Waals surface area (Å²) in [7, 11) is -3.96. The molecule has 0 saturated carbocycles. The molecule has 0 heterocycles. The molecule has 0 radical (unpaired) electrons. The quantitative estimate of drug-likeness (QED) is 0.467. The number of anilines is 1. The van der Waals surface area contributed by atoms with Crippen LogP contribution in [0.2, 0.25) is 0 Å². The Morgan fingerprint density at radius 3 is 2.55 bits per heavy atom. The smallest absolute Gasteiger partial charge is 0.291 e. The molecular formula is C11H17N3O4S2. The summed E-state index contributed by atoms with van der Waals surface area (Å²) in [5.41, 5.74) is 5.06. The summed E-state index contributed by atoms with van der Waals surface area (Å²) in [6, 6.07) is 3.50. The standard InChI is InChI=1S/C11H17N3O4S2/c1-11(2,19-3)7-13-20(17,18)10-5-4-8(12)6-9(10)14(15)16/h4-6,13H,7,12H2,1-3H3. The van der Waals surface area contributed by atoms with E-state index < -0.39 is 20.6 Å². The van der Waals surface area contributed by atoms with Crippen LogP contribution in [0.15, 0.2) is 23.1 Å². The van der Waals surface area contributed by atoms with Crippen molar-refractivity contribution in [2.24, 2.45) is 0 Å². The lowest BCUT2D eigenvalue weighted by atomic mass is 10.2. The molecule has 0 bridgehead atoms. The van der Waals surface area contributed by atoms with Crippen molar-refractivity contribution in [3.05, 3.63) is 28.3 Å². The number of hydrogen-bond donors (Lipinski definition) is 2. The summed E-state index contributed by atoms with van der Waals surface area (Å²) < 4.78 is 26.4. The molecule has 3 N–H and O–H groups in total. The normalized spacial score (nSPS) is 12.3. The van der Waals surface area contributed by atoms with Crippen LogP contribution >= 0.6 is 11.8 Å². The van der Waals surface area contributed by atoms with Crippen LogP contribution in [-0.2, 0) is 10.0 Å². The maximum absolute atomic E-state index is 12.2. The SMILES string of the molecule is CSC(C)(C)CNS(=O)(=O)c1ccc(N)cc1[N+](=O)[O-]. The van der Waals surface area contributed by atoms with Gasteiger partial charge in [0.2, 0.25) is 10.0 Å². The predicted octanol–water partition coefficient (Wildman–Crippen LogP) is 1.60. The minimum absolute atomic E-state index is 0.139. The highest BCUT2D eigenvalue weighted by Crippen LogP contribution is 2.27. The molecule has 9 heteroatoms. The zero-order valence-electron chi connectivity index (χ0n) is 11.4. The molecule has 0 aromatic heterocycles. The van der Waals surface area contributed by atoms with Crippen LogP contribution in [0.25, 0.3) is 0 Å². The maximum Gasteiger partial charge on any atom is 0.291 e. The molecule has 0 aliphatic carbocycles. The number of nitro groups is 1. The summed E-state index contributed by atoms with van der Waals surface area (Å²) in [6.45, 7) is 3.91. The van der Waals surface area contributed by atoms with Crippen molar-refractivity contribution >= 4 is 33.2 Å². The zero-order chi connectivity index (χ0) is 15.6. The van der Waals surface area contributed by atoms with Crippen LogP contribution in [-0.4, -0.2) is 30.9 Å². The van der Waals surface area contributed by atoms with E-state index in [1.807, 2.05) is 20.1 Å². The Kier molecular flexibility index (Phi) is 5.00. The molecule has 0 aliphatic rings. The Balaban J connectivity index is 3.13. The van der Waals surface area contributed by atoms with Crippen molar-refractivity contribution in [2.45, 2.75) is 23.5 Å². The number of nitrogens with one attached hydrogen (secondary N) is 1. The fourth-order valence-corrected chi connectivity index (χ4v) is 2.99. The second-order valence-electron chi connectivity index (χ2n) is 4.77. The van der Waals surface area contributed by atoms with E-state index in [4.69, 9.17) is 5.73 Å². The minimum Gasteiger partial charge on any atom is -0.399 e. The van der Waals surface area contributed by atoms with Gasteiger partial charge in [-0.1, -0.05) is 0 Å². The zero-order valence-corrected chi connectivity index (χ0v) is 13.0.